The summed E-state index contributed by atoms with van der Waals surface area (Å²) in [5.74, 6) is -16.5. The summed E-state index contributed by atoms with van der Waals surface area (Å²) in [6.07, 6.45) is -4.13. The molecule has 31 heavy (non-hydrogen) atoms. The SMILES string of the molecule is CCCCCCC(=O)CS1(OS(=O)(=O)C(F)(F)C(F)(F)C(F)(F)C(F)(F)F)CCCC1. The van der Waals surface area contributed by atoms with Crippen molar-refractivity contribution in [1.82, 2.24) is 0 Å². The molecule has 0 radical (unpaired) electrons. The van der Waals surface area contributed by atoms with E-state index in [0.717, 1.165) is 12.8 Å². The van der Waals surface area contributed by atoms with Crippen LogP contribution in [0.2, 0.25) is 0 Å². The summed E-state index contributed by atoms with van der Waals surface area (Å²) in [6, 6.07) is 0. The molecule has 0 aromatic heterocycles. The van der Waals surface area contributed by atoms with E-state index in [4.69, 9.17) is 0 Å². The van der Waals surface area contributed by atoms with Gasteiger partial charge in [0.1, 0.15) is 5.78 Å². The minimum Gasteiger partial charge on any atom is -0.299 e. The predicted molar refractivity (Wildman–Crippen MR) is 96.1 cm³/mol. The van der Waals surface area contributed by atoms with Crippen molar-refractivity contribution in [3.63, 3.8) is 0 Å². The van der Waals surface area contributed by atoms with Crippen LogP contribution in [0.15, 0.2) is 0 Å². The van der Waals surface area contributed by atoms with Crippen LogP contribution < -0.4 is 0 Å². The zero-order valence-corrected chi connectivity index (χ0v) is 18.1. The molecule has 1 aliphatic heterocycles. The Kier molecular flexibility index (Phi) is 8.82. The van der Waals surface area contributed by atoms with Crippen LogP contribution in [-0.2, 0) is 18.5 Å². The molecule has 0 bridgehead atoms. The third kappa shape index (κ3) is 5.81. The van der Waals surface area contributed by atoms with Crippen molar-refractivity contribution in [2.45, 2.75) is 75.1 Å². The lowest BCUT2D eigenvalue weighted by Crippen LogP contribution is -2.63. The first-order valence-corrected chi connectivity index (χ1v) is 12.8. The number of hydrogen-bond donors (Lipinski definition) is 0. The second kappa shape index (κ2) is 9.65. The molecule has 0 unspecified atom stereocenters. The topological polar surface area (TPSA) is 60.4 Å². The maximum absolute atomic E-state index is 13.9. The number of carbonyl (C=O) groups is 1. The Labute approximate surface area is 175 Å². The normalized spacial score (nSPS) is 19.4. The van der Waals surface area contributed by atoms with Crippen molar-refractivity contribution in [3.8, 4) is 0 Å². The number of halogens is 9. The fourth-order valence-electron chi connectivity index (χ4n) is 2.93. The minimum atomic E-state index is -7.35. The van der Waals surface area contributed by atoms with Crippen LogP contribution in [0.25, 0.3) is 0 Å². The van der Waals surface area contributed by atoms with E-state index < -0.39 is 55.2 Å². The van der Waals surface area contributed by atoms with Gasteiger partial charge in [-0.25, -0.2) is 3.63 Å². The second-order valence-electron chi connectivity index (χ2n) is 7.26. The van der Waals surface area contributed by atoms with E-state index in [9.17, 15) is 52.7 Å². The van der Waals surface area contributed by atoms with Crippen molar-refractivity contribution < 1.29 is 56.4 Å². The van der Waals surface area contributed by atoms with Crippen molar-refractivity contribution in [2.24, 2.45) is 0 Å². The monoisotopic (exact) mass is 514 g/mol. The number of rotatable bonds is 12. The lowest BCUT2D eigenvalue weighted by Gasteiger charge is -2.37. The van der Waals surface area contributed by atoms with Gasteiger partial charge in [-0.1, -0.05) is 26.2 Å². The Hall–Kier alpha value is -0.700. The molecule has 1 fully saturated rings. The van der Waals surface area contributed by atoms with Gasteiger partial charge in [-0.3, -0.25) is 4.79 Å². The van der Waals surface area contributed by atoms with Crippen molar-refractivity contribution in [1.29, 1.82) is 0 Å². The highest BCUT2D eigenvalue weighted by atomic mass is 32.3. The molecule has 0 aliphatic carbocycles. The average Bonchev–Trinajstić information content (AvgIpc) is 3.04. The van der Waals surface area contributed by atoms with Gasteiger partial charge in [0.05, 0.1) is 5.75 Å². The molecule has 186 valence electrons. The van der Waals surface area contributed by atoms with E-state index in [1.807, 2.05) is 6.92 Å². The third-order valence-electron chi connectivity index (χ3n) is 4.68. The summed E-state index contributed by atoms with van der Waals surface area (Å²) in [5, 5.41) is -6.90. The second-order valence-corrected chi connectivity index (χ2v) is 12.3. The molecular formula is C16H23F9O4S2. The van der Waals surface area contributed by atoms with Crippen LogP contribution in [0, 0.1) is 0 Å². The molecule has 1 aliphatic rings. The van der Waals surface area contributed by atoms with Gasteiger partial charge in [0.15, 0.2) is 0 Å². The van der Waals surface area contributed by atoms with E-state index in [-0.39, 0.29) is 30.8 Å². The largest absolute Gasteiger partial charge is 0.460 e. The third-order valence-corrected chi connectivity index (χ3v) is 10.3. The number of hydrogen-bond acceptors (Lipinski definition) is 4. The zero-order valence-electron chi connectivity index (χ0n) is 16.4. The standard InChI is InChI=1S/C16H23F9O4S2/c1-2-3-4-5-8-12(26)11-30(9-6-7-10-30)29-31(27,28)16(24,25)14(19,20)13(17,18)15(21,22)23/h2-11H2,1H3. The van der Waals surface area contributed by atoms with Crippen LogP contribution in [0.5, 0.6) is 0 Å². The molecule has 0 spiro atoms. The molecule has 0 saturated carbocycles. The lowest BCUT2D eigenvalue weighted by atomic mass is 10.1. The highest BCUT2D eigenvalue weighted by Crippen LogP contribution is 2.61. The van der Waals surface area contributed by atoms with Crippen molar-refractivity contribution >= 4 is 26.2 Å². The molecule has 0 aromatic rings. The summed E-state index contributed by atoms with van der Waals surface area (Å²) in [6.45, 7) is 1.90. The van der Waals surface area contributed by atoms with Crippen molar-refractivity contribution in [3.05, 3.63) is 0 Å². The fourth-order valence-corrected chi connectivity index (χ4v) is 8.66. The quantitative estimate of drug-likeness (QED) is 0.244. The first-order valence-electron chi connectivity index (χ1n) is 9.31. The van der Waals surface area contributed by atoms with Crippen LogP contribution in [0.3, 0.4) is 0 Å². The number of Topliss-reactive ketones (excluding diaryl/α,β-unsaturated/α-hetero) is 1. The molecule has 0 N–H and O–H groups in total. The summed E-state index contributed by atoms with van der Waals surface area (Å²) in [5.41, 5.74) is 0. The Bertz CT molecular complexity index is 730. The van der Waals surface area contributed by atoms with E-state index >= 15 is 0 Å². The molecule has 1 rings (SSSR count). The first-order chi connectivity index (χ1) is 13.9. The molecule has 4 nitrogen and oxygen atoms in total. The van der Waals surface area contributed by atoms with Gasteiger partial charge in [0, 0.05) is 17.9 Å². The van der Waals surface area contributed by atoms with Crippen LogP contribution >= 0.6 is 10.3 Å². The van der Waals surface area contributed by atoms with Crippen LogP contribution in [-0.4, -0.2) is 54.7 Å². The average molecular weight is 514 g/mol. The van der Waals surface area contributed by atoms with E-state index in [2.05, 4.69) is 3.63 Å². The fraction of sp³-hybridized carbons (Fsp3) is 0.938. The van der Waals surface area contributed by atoms with Gasteiger partial charge in [-0.05, 0) is 19.3 Å². The Balaban J connectivity index is 3.13. The number of ketones is 1. The number of carbonyl (C=O) groups excluding carboxylic acids is 1. The van der Waals surface area contributed by atoms with Crippen LogP contribution in [0.1, 0.15) is 51.9 Å². The molecule has 1 heterocycles. The summed E-state index contributed by atoms with van der Waals surface area (Å²) in [4.78, 5) is 12.1. The molecule has 0 atom stereocenters. The van der Waals surface area contributed by atoms with Gasteiger partial charge in [0.25, 0.3) is 0 Å². The Morgan fingerprint density at radius 3 is 1.84 bits per heavy atom. The number of unbranched alkanes of at least 4 members (excludes halogenated alkanes) is 3. The maximum atomic E-state index is 13.9. The zero-order chi connectivity index (χ0) is 24.4. The van der Waals surface area contributed by atoms with E-state index in [1.165, 1.54) is 0 Å². The highest BCUT2D eigenvalue weighted by molar-refractivity contribution is 8.33. The summed E-state index contributed by atoms with van der Waals surface area (Å²) < 4.78 is 146. The first kappa shape index (κ1) is 28.3. The highest BCUT2D eigenvalue weighted by Gasteiger charge is 2.86. The number of alkyl halides is 9. The molecule has 15 heteroatoms. The van der Waals surface area contributed by atoms with E-state index in [0.29, 0.717) is 12.8 Å². The molecular weight excluding hydrogens is 491 g/mol. The Morgan fingerprint density at radius 1 is 0.871 bits per heavy atom. The maximum Gasteiger partial charge on any atom is 0.460 e. The Morgan fingerprint density at radius 2 is 1.39 bits per heavy atom. The summed E-state index contributed by atoms with van der Waals surface area (Å²) in [7, 11) is -10.2. The minimum absolute atomic E-state index is 0.0587. The molecule has 1 saturated heterocycles. The van der Waals surface area contributed by atoms with Gasteiger partial charge < -0.3 is 0 Å². The van der Waals surface area contributed by atoms with Crippen LogP contribution in [0.4, 0.5) is 39.5 Å². The molecule has 0 aromatic carbocycles. The molecule has 0 amide bonds. The van der Waals surface area contributed by atoms with Gasteiger partial charge >= 0.3 is 33.4 Å². The van der Waals surface area contributed by atoms with Crippen molar-refractivity contribution in [2.75, 3.05) is 17.3 Å². The summed E-state index contributed by atoms with van der Waals surface area (Å²) >= 11 is 0. The predicted octanol–water partition coefficient (Wildman–Crippen LogP) is 5.81. The van der Waals surface area contributed by atoms with E-state index in [1.54, 1.807) is 0 Å². The smallest absolute Gasteiger partial charge is 0.299 e. The van der Waals surface area contributed by atoms with Gasteiger partial charge in [-0.2, -0.15) is 47.9 Å². The van der Waals surface area contributed by atoms with Gasteiger partial charge in [0.2, 0.25) is 0 Å². The lowest BCUT2D eigenvalue weighted by molar-refractivity contribution is -0.382. The van der Waals surface area contributed by atoms with Gasteiger partial charge in [-0.15, -0.1) is 10.3 Å².